The van der Waals surface area contributed by atoms with Gasteiger partial charge < -0.3 is 4.90 Å². The number of rotatable bonds is 2. The van der Waals surface area contributed by atoms with Crippen molar-refractivity contribution in [3.63, 3.8) is 0 Å². The molecule has 1 aliphatic heterocycles. The molecule has 0 unspecified atom stereocenters. The van der Waals surface area contributed by atoms with Gasteiger partial charge >= 0.3 is 0 Å². The molecule has 0 spiro atoms. The van der Waals surface area contributed by atoms with Gasteiger partial charge in [0, 0.05) is 37.0 Å². The van der Waals surface area contributed by atoms with Crippen molar-refractivity contribution in [3.05, 3.63) is 48.4 Å². The molecular formula is C14H15N3. The van der Waals surface area contributed by atoms with Crippen LogP contribution in [0.25, 0.3) is 11.3 Å². The maximum atomic E-state index is 4.52. The molecule has 0 atom stereocenters. The van der Waals surface area contributed by atoms with Gasteiger partial charge in [0.25, 0.3) is 0 Å². The molecule has 0 bridgehead atoms. The van der Waals surface area contributed by atoms with Crippen molar-refractivity contribution in [1.29, 1.82) is 0 Å². The molecule has 3 rings (SSSR count). The van der Waals surface area contributed by atoms with Gasteiger partial charge in [0.2, 0.25) is 0 Å². The zero-order valence-corrected chi connectivity index (χ0v) is 9.87. The second-order valence-electron chi connectivity index (χ2n) is 4.57. The van der Waals surface area contributed by atoms with Gasteiger partial charge in [-0.15, -0.1) is 0 Å². The number of likely N-dealkylation sites (N-methyl/N-ethyl adjacent to an activating group) is 1. The summed E-state index contributed by atoms with van der Waals surface area (Å²) in [6.45, 7) is 2.16. The molecule has 2 heterocycles. The van der Waals surface area contributed by atoms with Crippen molar-refractivity contribution < 1.29 is 0 Å². The van der Waals surface area contributed by atoms with Crippen LogP contribution in [0.5, 0.6) is 0 Å². The molecule has 3 heteroatoms. The van der Waals surface area contributed by atoms with Crippen molar-refractivity contribution in [1.82, 2.24) is 14.9 Å². The fourth-order valence-electron chi connectivity index (χ4n) is 2.34. The van der Waals surface area contributed by atoms with Crippen LogP contribution in [0.2, 0.25) is 0 Å². The van der Waals surface area contributed by atoms with E-state index in [1.807, 2.05) is 18.2 Å². The van der Waals surface area contributed by atoms with Gasteiger partial charge in [0.1, 0.15) is 0 Å². The van der Waals surface area contributed by atoms with Gasteiger partial charge in [0.15, 0.2) is 0 Å². The summed E-state index contributed by atoms with van der Waals surface area (Å²) in [6, 6.07) is 10.3. The van der Waals surface area contributed by atoms with E-state index in [4.69, 9.17) is 0 Å². The minimum atomic E-state index is 0.531. The summed E-state index contributed by atoms with van der Waals surface area (Å²) in [6.07, 6.45) is 3.56. The first-order valence-corrected chi connectivity index (χ1v) is 5.89. The highest BCUT2D eigenvalue weighted by Gasteiger charge is 2.28. The molecule has 0 radical (unpaired) electrons. The van der Waals surface area contributed by atoms with Crippen molar-refractivity contribution in [2.75, 3.05) is 20.1 Å². The summed E-state index contributed by atoms with van der Waals surface area (Å²) in [7, 11) is 2.13. The van der Waals surface area contributed by atoms with E-state index in [2.05, 4.69) is 34.0 Å². The Morgan fingerprint density at radius 3 is 2.47 bits per heavy atom. The molecular weight excluding hydrogens is 210 g/mol. The van der Waals surface area contributed by atoms with E-state index in [1.54, 1.807) is 12.4 Å². The lowest BCUT2D eigenvalue weighted by atomic mass is 9.93. The Labute approximate surface area is 101 Å². The smallest absolute Gasteiger partial charge is 0.0921 e. The fourth-order valence-corrected chi connectivity index (χ4v) is 2.34. The van der Waals surface area contributed by atoms with Gasteiger partial charge in [-0.2, -0.15) is 0 Å². The Kier molecular flexibility index (Phi) is 2.61. The lowest BCUT2D eigenvalue weighted by molar-refractivity contribution is 0.187. The minimum Gasteiger partial charge on any atom is -0.305 e. The summed E-state index contributed by atoms with van der Waals surface area (Å²) >= 11 is 0. The summed E-state index contributed by atoms with van der Waals surface area (Å²) in [5.74, 6) is 0.531. The third-order valence-electron chi connectivity index (χ3n) is 3.22. The standard InChI is InChI=1S/C14H15N3/c1-17-9-12(10-17)14-13(15-7-8-16-14)11-5-3-2-4-6-11/h2-8,12H,9-10H2,1H3. The second-order valence-corrected chi connectivity index (χ2v) is 4.57. The highest BCUT2D eigenvalue weighted by atomic mass is 15.2. The van der Waals surface area contributed by atoms with Crippen LogP contribution in [0.4, 0.5) is 0 Å². The van der Waals surface area contributed by atoms with Gasteiger partial charge in [0.05, 0.1) is 11.4 Å². The predicted octanol–water partition coefficient (Wildman–Crippen LogP) is 2.17. The SMILES string of the molecule is CN1CC(c2nccnc2-c2ccccc2)C1. The molecule has 17 heavy (non-hydrogen) atoms. The molecule has 1 saturated heterocycles. The van der Waals surface area contributed by atoms with Crippen LogP contribution in [0.1, 0.15) is 11.6 Å². The molecule has 0 saturated carbocycles. The van der Waals surface area contributed by atoms with E-state index in [0.29, 0.717) is 5.92 Å². The fraction of sp³-hybridized carbons (Fsp3) is 0.286. The van der Waals surface area contributed by atoms with Crippen LogP contribution >= 0.6 is 0 Å². The molecule has 1 aromatic heterocycles. The van der Waals surface area contributed by atoms with Gasteiger partial charge in [-0.25, -0.2) is 0 Å². The van der Waals surface area contributed by atoms with Crippen molar-refractivity contribution in [3.8, 4) is 11.3 Å². The Bertz CT molecular complexity index is 504. The first-order chi connectivity index (χ1) is 8.34. The van der Waals surface area contributed by atoms with Crippen LogP contribution in [0.15, 0.2) is 42.7 Å². The first-order valence-electron chi connectivity index (χ1n) is 5.89. The molecule has 3 nitrogen and oxygen atoms in total. The average Bonchev–Trinajstić information content (AvgIpc) is 2.36. The minimum absolute atomic E-state index is 0.531. The van der Waals surface area contributed by atoms with E-state index in [0.717, 1.165) is 30.0 Å². The molecule has 1 fully saturated rings. The van der Waals surface area contributed by atoms with E-state index in [9.17, 15) is 0 Å². The molecule has 0 aliphatic carbocycles. The van der Waals surface area contributed by atoms with Crippen LogP contribution in [0.3, 0.4) is 0 Å². The summed E-state index contributed by atoms with van der Waals surface area (Å²) in [5.41, 5.74) is 3.33. The lowest BCUT2D eigenvalue weighted by Crippen LogP contribution is -2.42. The number of hydrogen-bond acceptors (Lipinski definition) is 3. The zero-order chi connectivity index (χ0) is 11.7. The summed E-state index contributed by atoms with van der Waals surface area (Å²) in [5, 5.41) is 0. The van der Waals surface area contributed by atoms with Gasteiger partial charge in [-0.1, -0.05) is 30.3 Å². The molecule has 1 aliphatic rings. The number of aromatic nitrogens is 2. The molecule has 86 valence electrons. The van der Waals surface area contributed by atoms with E-state index < -0.39 is 0 Å². The quantitative estimate of drug-likeness (QED) is 0.784. The van der Waals surface area contributed by atoms with Crippen molar-refractivity contribution >= 4 is 0 Å². The second kappa shape index (κ2) is 4.26. The number of nitrogens with zero attached hydrogens (tertiary/aromatic N) is 3. The molecule has 2 aromatic rings. The van der Waals surface area contributed by atoms with Gasteiger partial charge in [-0.05, 0) is 7.05 Å². The van der Waals surface area contributed by atoms with Crippen LogP contribution in [-0.2, 0) is 0 Å². The van der Waals surface area contributed by atoms with Gasteiger partial charge in [-0.3, -0.25) is 9.97 Å². The van der Waals surface area contributed by atoms with Crippen LogP contribution in [-0.4, -0.2) is 35.0 Å². The van der Waals surface area contributed by atoms with Crippen LogP contribution in [0, 0.1) is 0 Å². The highest BCUT2D eigenvalue weighted by molar-refractivity contribution is 5.62. The lowest BCUT2D eigenvalue weighted by Gasteiger charge is -2.36. The molecule has 1 aromatic carbocycles. The first kappa shape index (κ1) is 10.4. The predicted molar refractivity (Wildman–Crippen MR) is 67.7 cm³/mol. The maximum Gasteiger partial charge on any atom is 0.0921 e. The number of hydrogen-bond donors (Lipinski definition) is 0. The zero-order valence-electron chi connectivity index (χ0n) is 9.87. The Hall–Kier alpha value is -1.74. The Morgan fingerprint density at radius 2 is 1.76 bits per heavy atom. The molecule has 0 amide bonds. The normalized spacial score (nSPS) is 16.8. The topological polar surface area (TPSA) is 29.0 Å². The third-order valence-corrected chi connectivity index (χ3v) is 3.22. The molecule has 0 N–H and O–H groups in total. The van der Waals surface area contributed by atoms with E-state index >= 15 is 0 Å². The highest BCUT2D eigenvalue weighted by Crippen LogP contribution is 2.30. The summed E-state index contributed by atoms with van der Waals surface area (Å²) < 4.78 is 0. The Balaban J connectivity index is 2.00. The van der Waals surface area contributed by atoms with Crippen molar-refractivity contribution in [2.24, 2.45) is 0 Å². The largest absolute Gasteiger partial charge is 0.305 e. The maximum absolute atomic E-state index is 4.52. The number of likely N-dealkylation sites (tertiary alicyclic amines) is 1. The Morgan fingerprint density at radius 1 is 1.06 bits per heavy atom. The average molecular weight is 225 g/mol. The van der Waals surface area contributed by atoms with E-state index in [1.165, 1.54) is 0 Å². The third kappa shape index (κ3) is 1.94. The van der Waals surface area contributed by atoms with Crippen LogP contribution < -0.4 is 0 Å². The number of benzene rings is 1. The summed E-state index contributed by atoms with van der Waals surface area (Å²) in [4.78, 5) is 11.3. The van der Waals surface area contributed by atoms with E-state index in [-0.39, 0.29) is 0 Å². The monoisotopic (exact) mass is 225 g/mol. The van der Waals surface area contributed by atoms with Crippen molar-refractivity contribution in [2.45, 2.75) is 5.92 Å².